The number of halogens is 2. The molecule has 1 atom stereocenters. The maximum absolute atomic E-state index is 13.6. The summed E-state index contributed by atoms with van der Waals surface area (Å²) >= 11 is 0. The fourth-order valence-corrected chi connectivity index (χ4v) is 1.25. The lowest BCUT2D eigenvalue weighted by Gasteiger charge is -2.12. The predicted molar refractivity (Wildman–Crippen MR) is 59.0 cm³/mol. The SMILES string of the molecule is CC(CN)NC(=O)c1c(F)ccc([N+](=O)[O-])c1F. The van der Waals surface area contributed by atoms with Crippen LogP contribution in [0.25, 0.3) is 0 Å². The number of nitrogens with one attached hydrogen (secondary N) is 1. The summed E-state index contributed by atoms with van der Waals surface area (Å²) in [7, 11) is 0. The molecule has 0 fully saturated rings. The molecule has 0 radical (unpaired) electrons. The van der Waals surface area contributed by atoms with E-state index in [2.05, 4.69) is 5.32 Å². The molecule has 1 amide bonds. The summed E-state index contributed by atoms with van der Waals surface area (Å²) in [5.41, 5.74) is 3.30. The van der Waals surface area contributed by atoms with Crippen molar-refractivity contribution in [2.24, 2.45) is 5.73 Å². The predicted octanol–water partition coefficient (Wildman–Crippen LogP) is 0.950. The molecule has 1 rings (SSSR count). The number of nitrogens with zero attached hydrogens (tertiary/aromatic N) is 1. The number of nitro benzene ring substituents is 1. The minimum absolute atomic E-state index is 0.0733. The van der Waals surface area contributed by atoms with Crippen LogP contribution in [0, 0.1) is 21.7 Å². The first kappa shape index (κ1) is 14.0. The molecule has 0 bridgehead atoms. The number of hydrogen-bond acceptors (Lipinski definition) is 4. The van der Waals surface area contributed by atoms with Gasteiger partial charge >= 0.3 is 5.69 Å². The molecule has 0 saturated carbocycles. The lowest BCUT2D eigenvalue weighted by atomic mass is 10.1. The largest absolute Gasteiger partial charge is 0.348 e. The first-order valence-electron chi connectivity index (χ1n) is 5.01. The summed E-state index contributed by atoms with van der Waals surface area (Å²) in [4.78, 5) is 21.0. The Morgan fingerprint density at radius 1 is 1.56 bits per heavy atom. The number of nitrogens with two attached hydrogens (primary N) is 1. The van der Waals surface area contributed by atoms with E-state index in [1.807, 2.05) is 0 Å². The molecule has 0 aliphatic rings. The highest BCUT2D eigenvalue weighted by molar-refractivity contribution is 5.95. The van der Waals surface area contributed by atoms with Gasteiger partial charge in [-0.2, -0.15) is 4.39 Å². The number of hydrogen-bond donors (Lipinski definition) is 2. The second kappa shape index (κ2) is 5.50. The molecular weight excluding hydrogens is 248 g/mol. The third-order valence-electron chi connectivity index (χ3n) is 2.23. The monoisotopic (exact) mass is 259 g/mol. The van der Waals surface area contributed by atoms with Crippen LogP contribution < -0.4 is 11.1 Å². The van der Waals surface area contributed by atoms with E-state index < -0.39 is 39.8 Å². The van der Waals surface area contributed by atoms with Crippen LogP contribution in [0.3, 0.4) is 0 Å². The highest BCUT2D eigenvalue weighted by atomic mass is 19.1. The Morgan fingerprint density at radius 3 is 2.67 bits per heavy atom. The molecule has 6 nitrogen and oxygen atoms in total. The van der Waals surface area contributed by atoms with Crippen molar-refractivity contribution < 1.29 is 18.5 Å². The zero-order valence-corrected chi connectivity index (χ0v) is 9.44. The highest BCUT2D eigenvalue weighted by Gasteiger charge is 2.26. The van der Waals surface area contributed by atoms with Gasteiger partial charge in [0.15, 0.2) is 0 Å². The van der Waals surface area contributed by atoms with Gasteiger partial charge in [-0.15, -0.1) is 0 Å². The van der Waals surface area contributed by atoms with Crippen molar-refractivity contribution in [3.05, 3.63) is 39.4 Å². The Balaban J connectivity index is 3.19. The van der Waals surface area contributed by atoms with Crippen LogP contribution in [0.5, 0.6) is 0 Å². The normalized spacial score (nSPS) is 12.0. The Morgan fingerprint density at radius 2 is 2.17 bits per heavy atom. The van der Waals surface area contributed by atoms with Gasteiger partial charge in [0.05, 0.1) is 4.92 Å². The van der Waals surface area contributed by atoms with Crippen molar-refractivity contribution in [2.45, 2.75) is 13.0 Å². The first-order valence-corrected chi connectivity index (χ1v) is 5.01. The minimum Gasteiger partial charge on any atom is -0.348 e. The first-order chi connectivity index (χ1) is 8.38. The molecule has 1 aromatic carbocycles. The Labute approximate surface area is 101 Å². The number of benzene rings is 1. The summed E-state index contributed by atoms with van der Waals surface area (Å²) in [6.07, 6.45) is 0. The van der Waals surface area contributed by atoms with Gasteiger partial charge in [-0.1, -0.05) is 0 Å². The van der Waals surface area contributed by atoms with Crippen molar-refractivity contribution in [1.82, 2.24) is 5.32 Å². The molecule has 0 saturated heterocycles. The van der Waals surface area contributed by atoms with E-state index >= 15 is 0 Å². The van der Waals surface area contributed by atoms with E-state index in [4.69, 9.17) is 5.73 Å². The van der Waals surface area contributed by atoms with Crippen molar-refractivity contribution in [1.29, 1.82) is 0 Å². The smallest absolute Gasteiger partial charge is 0.305 e. The Hall–Kier alpha value is -2.09. The molecule has 0 aliphatic carbocycles. The maximum Gasteiger partial charge on any atom is 0.305 e. The van der Waals surface area contributed by atoms with E-state index in [0.717, 1.165) is 0 Å². The second-order valence-corrected chi connectivity index (χ2v) is 3.62. The Kier molecular flexibility index (Phi) is 4.27. The summed E-state index contributed by atoms with van der Waals surface area (Å²) in [5, 5.41) is 12.7. The molecule has 0 aliphatic heterocycles. The third kappa shape index (κ3) is 2.77. The molecule has 0 spiro atoms. The van der Waals surface area contributed by atoms with Gasteiger partial charge in [-0.25, -0.2) is 4.39 Å². The number of carbonyl (C=O) groups excluding carboxylic acids is 1. The molecular formula is C10H11F2N3O3. The number of nitro groups is 1. The average molecular weight is 259 g/mol. The van der Waals surface area contributed by atoms with E-state index in [9.17, 15) is 23.7 Å². The van der Waals surface area contributed by atoms with E-state index in [1.54, 1.807) is 0 Å². The zero-order valence-electron chi connectivity index (χ0n) is 9.44. The number of rotatable bonds is 4. The molecule has 98 valence electrons. The van der Waals surface area contributed by atoms with Crippen LogP contribution in [-0.2, 0) is 0 Å². The van der Waals surface area contributed by atoms with Crippen LogP contribution in [0.1, 0.15) is 17.3 Å². The number of amides is 1. The van der Waals surface area contributed by atoms with E-state index in [-0.39, 0.29) is 6.54 Å². The van der Waals surface area contributed by atoms with Crippen LogP contribution in [0.15, 0.2) is 12.1 Å². The fourth-order valence-electron chi connectivity index (χ4n) is 1.25. The van der Waals surface area contributed by atoms with Gasteiger partial charge in [0.2, 0.25) is 5.82 Å². The zero-order chi connectivity index (χ0) is 13.9. The van der Waals surface area contributed by atoms with Gasteiger partial charge in [0, 0.05) is 18.7 Å². The molecule has 0 heterocycles. The molecule has 0 aromatic heterocycles. The standard InChI is InChI=1S/C10H11F2N3O3/c1-5(4-13)14-10(16)8-6(11)2-3-7(9(8)12)15(17)18/h2-3,5H,4,13H2,1H3,(H,14,16). The average Bonchev–Trinajstić information content (AvgIpc) is 2.28. The van der Waals surface area contributed by atoms with Gasteiger partial charge in [-0.3, -0.25) is 14.9 Å². The third-order valence-corrected chi connectivity index (χ3v) is 2.23. The molecule has 18 heavy (non-hydrogen) atoms. The molecule has 8 heteroatoms. The van der Waals surface area contributed by atoms with Crippen molar-refractivity contribution >= 4 is 11.6 Å². The van der Waals surface area contributed by atoms with E-state index in [1.165, 1.54) is 6.92 Å². The maximum atomic E-state index is 13.6. The summed E-state index contributed by atoms with van der Waals surface area (Å²) in [5.74, 6) is -3.74. The van der Waals surface area contributed by atoms with Gasteiger partial charge in [0.1, 0.15) is 11.4 Å². The molecule has 1 unspecified atom stereocenters. The second-order valence-electron chi connectivity index (χ2n) is 3.62. The minimum atomic E-state index is -1.50. The van der Waals surface area contributed by atoms with Crippen molar-refractivity contribution in [3.8, 4) is 0 Å². The van der Waals surface area contributed by atoms with Crippen LogP contribution in [0.2, 0.25) is 0 Å². The van der Waals surface area contributed by atoms with Crippen LogP contribution >= 0.6 is 0 Å². The van der Waals surface area contributed by atoms with Crippen molar-refractivity contribution in [3.63, 3.8) is 0 Å². The van der Waals surface area contributed by atoms with Gasteiger partial charge in [0.25, 0.3) is 5.91 Å². The summed E-state index contributed by atoms with van der Waals surface area (Å²) in [6.45, 7) is 1.61. The fraction of sp³-hybridized carbons (Fsp3) is 0.300. The Bertz CT molecular complexity index is 494. The van der Waals surface area contributed by atoms with Gasteiger partial charge in [-0.05, 0) is 13.0 Å². The highest BCUT2D eigenvalue weighted by Crippen LogP contribution is 2.22. The lowest BCUT2D eigenvalue weighted by molar-refractivity contribution is -0.387. The molecule has 1 aromatic rings. The van der Waals surface area contributed by atoms with E-state index in [0.29, 0.717) is 12.1 Å². The number of carbonyl (C=O) groups is 1. The lowest BCUT2D eigenvalue weighted by Crippen LogP contribution is -2.38. The quantitative estimate of drug-likeness (QED) is 0.621. The van der Waals surface area contributed by atoms with Gasteiger partial charge < -0.3 is 11.1 Å². The van der Waals surface area contributed by atoms with Crippen molar-refractivity contribution in [2.75, 3.05) is 6.54 Å². The molecule has 3 N–H and O–H groups in total. The van der Waals surface area contributed by atoms with Crippen LogP contribution in [-0.4, -0.2) is 23.4 Å². The summed E-state index contributed by atoms with van der Waals surface area (Å²) < 4.78 is 27.0. The van der Waals surface area contributed by atoms with Crippen LogP contribution in [0.4, 0.5) is 14.5 Å². The topological polar surface area (TPSA) is 98.3 Å². The summed E-state index contributed by atoms with van der Waals surface area (Å²) in [6, 6.07) is 0.826.